The van der Waals surface area contributed by atoms with Gasteiger partial charge in [-0.1, -0.05) is 43.5 Å². The second kappa shape index (κ2) is 5.50. The SMILES string of the molecule is C=C/C=C\C(=C/C=C)C1=NCCC(C)(C)N1. The monoisotopic (exact) mass is 216 g/mol. The first-order valence-electron chi connectivity index (χ1n) is 5.54. The van der Waals surface area contributed by atoms with Crippen LogP contribution in [0.5, 0.6) is 0 Å². The molecule has 86 valence electrons. The highest BCUT2D eigenvalue weighted by Crippen LogP contribution is 2.15. The smallest absolute Gasteiger partial charge is 0.128 e. The third-order valence-electron chi connectivity index (χ3n) is 2.45. The molecular weight excluding hydrogens is 196 g/mol. The summed E-state index contributed by atoms with van der Waals surface area (Å²) in [7, 11) is 0. The Kier molecular flexibility index (Phi) is 4.29. The predicted molar refractivity (Wildman–Crippen MR) is 71.8 cm³/mol. The van der Waals surface area contributed by atoms with Gasteiger partial charge in [-0.2, -0.15) is 0 Å². The van der Waals surface area contributed by atoms with Crippen molar-refractivity contribution in [1.82, 2.24) is 5.32 Å². The van der Waals surface area contributed by atoms with Crippen molar-refractivity contribution in [3.8, 4) is 0 Å². The summed E-state index contributed by atoms with van der Waals surface area (Å²) in [6.45, 7) is 12.6. The van der Waals surface area contributed by atoms with Gasteiger partial charge in [-0.05, 0) is 20.3 Å². The molecule has 0 amide bonds. The van der Waals surface area contributed by atoms with Crippen molar-refractivity contribution in [3.63, 3.8) is 0 Å². The number of amidine groups is 1. The molecule has 0 radical (unpaired) electrons. The molecule has 2 heteroatoms. The Bertz CT molecular complexity index is 357. The second-order valence-electron chi connectivity index (χ2n) is 4.44. The van der Waals surface area contributed by atoms with Crippen LogP contribution >= 0.6 is 0 Å². The van der Waals surface area contributed by atoms with E-state index in [-0.39, 0.29) is 5.54 Å². The Morgan fingerprint density at radius 3 is 2.69 bits per heavy atom. The van der Waals surface area contributed by atoms with E-state index in [2.05, 4.69) is 37.3 Å². The summed E-state index contributed by atoms with van der Waals surface area (Å²) in [5.41, 5.74) is 1.15. The zero-order valence-electron chi connectivity index (χ0n) is 10.2. The zero-order chi connectivity index (χ0) is 12.0. The quantitative estimate of drug-likeness (QED) is 0.718. The molecule has 0 bridgehead atoms. The minimum Gasteiger partial charge on any atom is -0.365 e. The molecular formula is C14H20N2. The average Bonchev–Trinajstić information content (AvgIpc) is 2.22. The van der Waals surface area contributed by atoms with Crippen LogP contribution < -0.4 is 5.32 Å². The van der Waals surface area contributed by atoms with E-state index in [9.17, 15) is 0 Å². The second-order valence-corrected chi connectivity index (χ2v) is 4.44. The number of nitrogens with zero attached hydrogens (tertiary/aromatic N) is 1. The molecule has 1 aliphatic heterocycles. The topological polar surface area (TPSA) is 24.4 Å². The molecule has 0 unspecified atom stereocenters. The van der Waals surface area contributed by atoms with E-state index in [1.807, 2.05) is 18.2 Å². The van der Waals surface area contributed by atoms with Crippen LogP contribution in [-0.4, -0.2) is 17.9 Å². The highest BCUT2D eigenvalue weighted by molar-refractivity contribution is 6.01. The van der Waals surface area contributed by atoms with Crippen LogP contribution in [-0.2, 0) is 0 Å². The van der Waals surface area contributed by atoms with E-state index in [4.69, 9.17) is 0 Å². The van der Waals surface area contributed by atoms with Gasteiger partial charge in [0.05, 0.1) is 0 Å². The highest BCUT2D eigenvalue weighted by atomic mass is 15.1. The minimum absolute atomic E-state index is 0.110. The van der Waals surface area contributed by atoms with Crippen LogP contribution in [0.15, 0.2) is 54.1 Å². The molecule has 0 aliphatic carbocycles. The molecule has 0 fully saturated rings. The number of nitrogens with one attached hydrogen (secondary N) is 1. The molecule has 0 atom stereocenters. The molecule has 0 aromatic carbocycles. The maximum Gasteiger partial charge on any atom is 0.128 e. The Morgan fingerprint density at radius 1 is 1.38 bits per heavy atom. The molecule has 0 saturated carbocycles. The first kappa shape index (κ1) is 12.5. The van der Waals surface area contributed by atoms with Crippen molar-refractivity contribution >= 4 is 5.84 Å². The lowest BCUT2D eigenvalue weighted by Gasteiger charge is -2.32. The Hall–Kier alpha value is -1.57. The van der Waals surface area contributed by atoms with Crippen molar-refractivity contribution < 1.29 is 0 Å². The number of allylic oxidation sites excluding steroid dienone is 4. The van der Waals surface area contributed by atoms with Gasteiger partial charge in [-0.3, -0.25) is 4.99 Å². The van der Waals surface area contributed by atoms with E-state index >= 15 is 0 Å². The van der Waals surface area contributed by atoms with Gasteiger partial charge in [0.2, 0.25) is 0 Å². The fourth-order valence-electron chi connectivity index (χ4n) is 1.55. The number of hydrogen-bond acceptors (Lipinski definition) is 2. The Labute approximate surface area is 98.2 Å². The molecule has 1 rings (SSSR count). The van der Waals surface area contributed by atoms with E-state index in [1.165, 1.54) is 0 Å². The van der Waals surface area contributed by atoms with Gasteiger partial charge >= 0.3 is 0 Å². The summed E-state index contributed by atoms with van der Waals surface area (Å²) in [5.74, 6) is 0.939. The first-order chi connectivity index (χ1) is 7.59. The van der Waals surface area contributed by atoms with E-state index < -0.39 is 0 Å². The molecule has 2 nitrogen and oxygen atoms in total. The van der Waals surface area contributed by atoms with Crippen molar-refractivity contribution in [3.05, 3.63) is 49.1 Å². The Balaban J connectivity index is 2.91. The lowest BCUT2D eigenvalue weighted by Crippen LogP contribution is -2.47. The van der Waals surface area contributed by atoms with Crippen LogP contribution in [0, 0.1) is 0 Å². The van der Waals surface area contributed by atoms with Gasteiger partial charge in [0, 0.05) is 17.7 Å². The molecule has 1 aliphatic rings. The predicted octanol–water partition coefficient (Wildman–Crippen LogP) is 3.01. The van der Waals surface area contributed by atoms with Crippen molar-refractivity contribution in [2.75, 3.05) is 6.54 Å². The van der Waals surface area contributed by atoms with Gasteiger partial charge in [0.1, 0.15) is 5.84 Å². The standard InChI is InChI=1S/C14H20N2/c1-5-7-9-12(8-6-2)13-15-11-10-14(3,4)16-13/h5-9H,1-2,10-11H2,3-4H3,(H,15,16)/b9-7-,12-8+. The molecule has 0 aromatic heterocycles. The normalized spacial score (nSPS) is 20.1. The molecule has 16 heavy (non-hydrogen) atoms. The molecule has 0 saturated heterocycles. The lowest BCUT2D eigenvalue weighted by molar-refractivity contribution is 0.415. The fourth-order valence-corrected chi connectivity index (χ4v) is 1.55. The summed E-state index contributed by atoms with van der Waals surface area (Å²) in [4.78, 5) is 4.50. The molecule has 0 spiro atoms. The maximum absolute atomic E-state index is 4.50. The van der Waals surface area contributed by atoms with E-state index in [1.54, 1.807) is 12.2 Å². The summed E-state index contributed by atoms with van der Waals surface area (Å²) in [5, 5.41) is 3.43. The van der Waals surface area contributed by atoms with Gasteiger partial charge in [0.15, 0.2) is 0 Å². The summed E-state index contributed by atoms with van der Waals surface area (Å²) in [6.07, 6.45) is 10.4. The van der Waals surface area contributed by atoms with Crippen LogP contribution in [0.25, 0.3) is 0 Å². The third kappa shape index (κ3) is 3.54. The fraction of sp³-hybridized carbons (Fsp3) is 0.357. The summed E-state index contributed by atoms with van der Waals surface area (Å²) < 4.78 is 0. The van der Waals surface area contributed by atoms with Crippen molar-refractivity contribution in [2.24, 2.45) is 4.99 Å². The van der Waals surface area contributed by atoms with Gasteiger partial charge in [0.25, 0.3) is 0 Å². The van der Waals surface area contributed by atoms with Crippen LogP contribution in [0.2, 0.25) is 0 Å². The van der Waals surface area contributed by atoms with Crippen molar-refractivity contribution in [1.29, 1.82) is 0 Å². The third-order valence-corrected chi connectivity index (χ3v) is 2.45. The number of hydrogen-bond donors (Lipinski definition) is 1. The first-order valence-corrected chi connectivity index (χ1v) is 5.54. The molecule has 0 aromatic rings. The van der Waals surface area contributed by atoms with E-state index in [0.717, 1.165) is 24.4 Å². The molecule has 1 N–H and O–H groups in total. The maximum atomic E-state index is 4.50. The minimum atomic E-state index is 0.110. The van der Waals surface area contributed by atoms with Crippen LogP contribution in [0.1, 0.15) is 20.3 Å². The average molecular weight is 216 g/mol. The van der Waals surface area contributed by atoms with E-state index in [0.29, 0.717) is 0 Å². The van der Waals surface area contributed by atoms with Gasteiger partial charge in [-0.25, -0.2) is 0 Å². The largest absolute Gasteiger partial charge is 0.365 e. The number of aliphatic imine (C=N–C) groups is 1. The molecule has 1 heterocycles. The van der Waals surface area contributed by atoms with Crippen LogP contribution in [0.3, 0.4) is 0 Å². The van der Waals surface area contributed by atoms with Crippen LogP contribution in [0.4, 0.5) is 0 Å². The highest BCUT2D eigenvalue weighted by Gasteiger charge is 2.23. The Morgan fingerprint density at radius 2 is 2.12 bits per heavy atom. The summed E-state index contributed by atoms with van der Waals surface area (Å²) >= 11 is 0. The van der Waals surface area contributed by atoms with Gasteiger partial charge in [-0.15, -0.1) is 0 Å². The lowest BCUT2D eigenvalue weighted by atomic mass is 9.97. The van der Waals surface area contributed by atoms with Gasteiger partial charge < -0.3 is 5.32 Å². The van der Waals surface area contributed by atoms with Crippen molar-refractivity contribution in [2.45, 2.75) is 25.8 Å². The zero-order valence-corrected chi connectivity index (χ0v) is 10.2. The number of rotatable bonds is 4. The summed E-state index contributed by atoms with van der Waals surface area (Å²) in [6, 6.07) is 0.